The van der Waals surface area contributed by atoms with Gasteiger partial charge >= 0.3 is 0 Å². The highest BCUT2D eigenvalue weighted by molar-refractivity contribution is 5.45. The van der Waals surface area contributed by atoms with E-state index in [9.17, 15) is 5.11 Å². The Bertz CT molecular complexity index is 805. The number of nitrogens with zero attached hydrogens (tertiary/aromatic N) is 1. The maximum Gasteiger partial charge on any atom is 0.118 e. The third kappa shape index (κ3) is 3.32. The average Bonchev–Trinajstić information content (AvgIpc) is 2.68. The van der Waals surface area contributed by atoms with E-state index < -0.39 is 0 Å². The maximum atomic E-state index is 10.1. The summed E-state index contributed by atoms with van der Waals surface area (Å²) < 4.78 is 5.25. The molecule has 1 saturated heterocycles. The topological polar surface area (TPSA) is 44.7 Å². The Morgan fingerprint density at radius 1 is 1.22 bits per heavy atom. The molecule has 2 aromatic rings. The molecule has 2 bridgehead atoms. The number of phenols is 1. The van der Waals surface area contributed by atoms with Gasteiger partial charge in [-0.1, -0.05) is 25.1 Å². The summed E-state index contributed by atoms with van der Waals surface area (Å²) in [5.74, 6) is 1.28. The van der Waals surface area contributed by atoms with Crippen LogP contribution in [0.2, 0.25) is 0 Å². The van der Waals surface area contributed by atoms with Gasteiger partial charge in [-0.2, -0.15) is 0 Å². The number of likely N-dealkylation sites (tertiary alicyclic amines) is 1. The molecule has 0 saturated carbocycles. The normalized spacial score (nSPS) is 27.2. The molecule has 1 fully saturated rings. The Hall–Kier alpha value is -2.04. The standard InChI is InChI=1S/C23H30N2O2/c1-23-11-13-25(2)21(14-17-6-7-18(26)15-20(17)23)22(23)24-12-10-16-4-8-19(27-3)9-5-16/h4-9,15,21-22,24,26H,10-14H2,1-3H3/t21-,22+,23-/m1/s1. The summed E-state index contributed by atoms with van der Waals surface area (Å²) in [6.07, 6.45) is 3.15. The largest absolute Gasteiger partial charge is 0.508 e. The highest BCUT2D eigenvalue weighted by Gasteiger charge is 2.49. The number of nitrogens with one attached hydrogen (secondary N) is 1. The Labute approximate surface area is 162 Å². The average molecular weight is 367 g/mol. The van der Waals surface area contributed by atoms with E-state index in [2.05, 4.69) is 42.4 Å². The van der Waals surface area contributed by atoms with Crippen molar-refractivity contribution in [2.75, 3.05) is 27.2 Å². The lowest BCUT2D eigenvalue weighted by molar-refractivity contribution is 0.0663. The number of phenolic OH excluding ortho intramolecular Hbond substituents is 1. The number of methoxy groups -OCH3 is 1. The molecule has 4 nitrogen and oxygen atoms in total. The van der Waals surface area contributed by atoms with Crippen molar-refractivity contribution in [1.82, 2.24) is 10.2 Å². The molecule has 144 valence electrons. The molecule has 0 aromatic heterocycles. The molecule has 1 aliphatic heterocycles. The van der Waals surface area contributed by atoms with E-state index in [0.717, 1.165) is 38.1 Å². The van der Waals surface area contributed by atoms with Crippen LogP contribution in [0.25, 0.3) is 0 Å². The maximum absolute atomic E-state index is 10.1. The van der Waals surface area contributed by atoms with Crippen LogP contribution in [-0.4, -0.2) is 49.3 Å². The predicted molar refractivity (Wildman–Crippen MR) is 109 cm³/mol. The fourth-order valence-electron chi connectivity index (χ4n) is 5.01. The summed E-state index contributed by atoms with van der Waals surface area (Å²) in [7, 11) is 3.94. The molecule has 2 N–H and O–H groups in total. The van der Waals surface area contributed by atoms with Crippen LogP contribution in [0.5, 0.6) is 11.5 Å². The first-order valence-corrected chi connectivity index (χ1v) is 9.90. The van der Waals surface area contributed by atoms with Crippen molar-refractivity contribution in [3.63, 3.8) is 0 Å². The second kappa shape index (κ2) is 7.17. The van der Waals surface area contributed by atoms with Gasteiger partial charge in [0.1, 0.15) is 11.5 Å². The van der Waals surface area contributed by atoms with Gasteiger partial charge < -0.3 is 20.1 Å². The fraction of sp³-hybridized carbons (Fsp3) is 0.478. The monoisotopic (exact) mass is 366 g/mol. The number of fused-ring (bicyclic) bond motifs is 4. The lowest BCUT2D eigenvalue weighted by Crippen LogP contribution is -2.66. The Kier molecular flexibility index (Phi) is 4.87. The number of piperidine rings is 1. The van der Waals surface area contributed by atoms with Crippen molar-refractivity contribution in [2.24, 2.45) is 0 Å². The lowest BCUT2D eigenvalue weighted by atomic mass is 9.61. The molecule has 0 radical (unpaired) electrons. The molecule has 1 aliphatic carbocycles. The fourth-order valence-corrected chi connectivity index (χ4v) is 5.01. The van der Waals surface area contributed by atoms with E-state index in [1.807, 2.05) is 24.3 Å². The highest BCUT2D eigenvalue weighted by Crippen LogP contribution is 2.45. The molecule has 4 heteroatoms. The number of hydrogen-bond acceptors (Lipinski definition) is 4. The van der Waals surface area contributed by atoms with Crippen molar-refractivity contribution < 1.29 is 9.84 Å². The third-order valence-electron chi connectivity index (χ3n) is 6.70. The van der Waals surface area contributed by atoms with Gasteiger partial charge in [0.2, 0.25) is 0 Å². The number of likely N-dealkylation sites (N-methyl/N-ethyl adjacent to an activating group) is 1. The second-order valence-corrected chi connectivity index (χ2v) is 8.29. The molecular weight excluding hydrogens is 336 g/mol. The smallest absolute Gasteiger partial charge is 0.118 e. The summed E-state index contributed by atoms with van der Waals surface area (Å²) in [6, 6.07) is 15.2. The van der Waals surface area contributed by atoms with E-state index in [-0.39, 0.29) is 5.41 Å². The number of hydrogen-bond donors (Lipinski definition) is 2. The molecular formula is C23H30N2O2. The van der Waals surface area contributed by atoms with Gasteiger partial charge in [0.15, 0.2) is 0 Å². The molecule has 2 aromatic carbocycles. The quantitative estimate of drug-likeness (QED) is 0.853. The number of aromatic hydroxyl groups is 1. The van der Waals surface area contributed by atoms with Crippen LogP contribution in [0.4, 0.5) is 0 Å². The molecule has 1 heterocycles. The molecule has 2 aliphatic rings. The Morgan fingerprint density at radius 2 is 2.00 bits per heavy atom. The molecule has 27 heavy (non-hydrogen) atoms. The van der Waals surface area contributed by atoms with Crippen molar-refractivity contribution in [3.8, 4) is 11.5 Å². The Balaban J connectivity index is 1.52. The summed E-state index contributed by atoms with van der Waals surface area (Å²) >= 11 is 0. The zero-order chi connectivity index (χ0) is 19.0. The lowest BCUT2D eigenvalue weighted by Gasteiger charge is -2.55. The van der Waals surface area contributed by atoms with Crippen LogP contribution >= 0.6 is 0 Å². The van der Waals surface area contributed by atoms with E-state index in [4.69, 9.17) is 4.74 Å². The number of rotatable bonds is 5. The summed E-state index contributed by atoms with van der Waals surface area (Å²) in [5, 5.41) is 13.9. The van der Waals surface area contributed by atoms with E-state index in [0.29, 0.717) is 17.8 Å². The van der Waals surface area contributed by atoms with E-state index >= 15 is 0 Å². The van der Waals surface area contributed by atoms with Crippen molar-refractivity contribution in [2.45, 2.75) is 43.7 Å². The second-order valence-electron chi connectivity index (χ2n) is 8.29. The number of ether oxygens (including phenoxy) is 1. The van der Waals surface area contributed by atoms with Crippen LogP contribution in [-0.2, 0) is 18.3 Å². The summed E-state index contributed by atoms with van der Waals surface area (Å²) in [5.41, 5.74) is 4.10. The zero-order valence-electron chi connectivity index (χ0n) is 16.5. The molecule has 0 unspecified atom stereocenters. The van der Waals surface area contributed by atoms with Crippen LogP contribution < -0.4 is 10.1 Å². The van der Waals surface area contributed by atoms with Crippen molar-refractivity contribution in [1.29, 1.82) is 0 Å². The van der Waals surface area contributed by atoms with E-state index in [1.54, 1.807) is 7.11 Å². The zero-order valence-corrected chi connectivity index (χ0v) is 16.5. The molecule has 0 spiro atoms. The third-order valence-corrected chi connectivity index (χ3v) is 6.70. The van der Waals surface area contributed by atoms with Crippen molar-refractivity contribution in [3.05, 3.63) is 59.2 Å². The first kappa shape index (κ1) is 18.3. The molecule has 0 amide bonds. The Morgan fingerprint density at radius 3 is 2.74 bits per heavy atom. The van der Waals surface area contributed by atoms with Gasteiger partial charge in [0.05, 0.1) is 7.11 Å². The van der Waals surface area contributed by atoms with Gasteiger partial charge in [0.25, 0.3) is 0 Å². The highest BCUT2D eigenvalue weighted by atomic mass is 16.5. The minimum Gasteiger partial charge on any atom is -0.508 e. The predicted octanol–water partition coefficient (Wildman–Crippen LogP) is 3.12. The van der Waals surface area contributed by atoms with E-state index in [1.165, 1.54) is 16.7 Å². The van der Waals surface area contributed by atoms with Gasteiger partial charge in [-0.05, 0) is 80.4 Å². The van der Waals surface area contributed by atoms with Crippen molar-refractivity contribution >= 4 is 0 Å². The van der Waals surface area contributed by atoms with Gasteiger partial charge in [-0.15, -0.1) is 0 Å². The van der Waals surface area contributed by atoms with Crippen LogP contribution in [0.3, 0.4) is 0 Å². The van der Waals surface area contributed by atoms with Crippen LogP contribution in [0, 0.1) is 0 Å². The molecule has 4 rings (SSSR count). The van der Waals surface area contributed by atoms with Gasteiger partial charge in [-0.25, -0.2) is 0 Å². The summed E-state index contributed by atoms with van der Waals surface area (Å²) in [4.78, 5) is 2.50. The van der Waals surface area contributed by atoms with Crippen LogP contribution in [0.1, 0.15) is 30.0 Å². The van der Waals surface area contributed by atoms with Gasteiger partial charge in [0, 0.05) is 17.5 Å². The van der Waals surface area contributed by atoms with Crippen LogP contribution in [0.15, 0.2) is 42.5 Å². The number of benzene rings is 2. The SMILES string of the molecule is COc1ccc(CCN[C@H]2[C@H]3Cc4ccc(O)cc4[C@@]2(C)CCN3C)cc1. The summed E-state index contributed by atoms with van der Waals surface area (Å²) in [6.45, 7) is 4.42. The van der Waals surface area contributed by atoms with Gasteiger partial charge in [-0.3, -0.25) is 0 Å². The minimum atomic E-state index is 0.0589. The first-order chi connectivity index (χ1) is 13.0. The first-order valence-electron chi connectivity index (χ1n) is 9.90. The molecule has 3 atom stereocenters. The minimum absolute atomic E-state index is 0.0589.